The predicted octanol–water partition coefficient (Wildman–Crippen LogP) is 2.38. The Hall–Kier alpha value is -0.420. The van der Waals surface area contributed by atoms with Crippen molar-refractivity contribution in [3.8, 4) is 0 Å². The topological polar surface area (TPSA) is 83.5 Å². The molecule has 24 heavy (non-hydrogen) atoms. The smallest absolute Gasteiger partial charge is 0.191 e. The van der Waals surface area contributed by atoms with Gasteiger partial charge in [-0.3, -0.25) is 4.99 Å². The molecule has 0 aliphatic heterocycles. The summed E-state index contributed by atoms with van der Waals surface area (Å²) in [5, 5.41) is 9.45. The van der Waals surface area contributed by atoms with Crippen LogP contribution in [-0.2, 0) is 16.3 Å². The number of hydrogen-bond acceptors (Lipinski definition) is 5. The van der Waals surface area contributed by atoms with Gasteiger partial charge in [-0.1, -0.05) is 0 Å². The first-order chi connectivity index (χ1) is 10.7. The van der Waals surface area contributed by atoms with Crippen molar-refractivity contribution in [3.63, 3.8) is 0 Å². The van der Waals surface area contributed by atoms with Crippen LogP contribution in [0.25, 0.3) is 0 Å². The Morgan fingerprint density at radius 3 is 2.50 bits per heavy atom. The van der Waals surface area contributed by atoms with E-state index in [9.17, 15) is 8.42 Å². The first-order valence-electron chi connectivity index (χ1n) is 7.81. The molecule has 1 heterocycles. The molecule has 9 heteroatoms. The third-order valence-electron chi connectivity index (χ3n) is 3.25. The van der Waals surface area contributed by atoms with Crippen molar-refractivity contribution in [1.29, 1.82) is 0 Å². The second-order valence-corrected chi connectivity index (χ2v) is 10.2. The van der Waals surface area contributed by atoms with Crippen LogP contribution in [-0.4, -0.2) is 49.5 Å². The maximum Gasteiger partial charge on any atom is 0.191 e. The number of hydrogen-bond donors (Lipinski definition) is 2. The highest BCUT2D eigenvalue weighted by Gasteiger charge is 2.28. The number of thiazole rings is 1. The highest BCUT2D eigenvalue weighted by Crippen LogP contribution is 2.15. The Bertz CT molecular complexity index is 622. The number of nitrogens with one attached hydrogen (secondary N) is 2. The SMILES string of the molecule is CCNC(=NCCS(=O)(=O)C(C)(C)C)NCCc1csc(C)n1.I. The zero-order valence-electron chi connectivity index (χ0n) is 15.0. The van der Waals surface area contributed by atoms with Gasteiger partial charge in [-0.05, 0) is 34.6 Å². The molecule has 0 amide bonds. The van der Waals surface area contributed by atoms with Crippen molar-refractivity contribution >= 4 is 51.1 Å². The number of halogens is 1. The van der Waals surface area contributed by atoms with Crippen LogP contribution in [0.15, 0.2) is 10.4 Å². The third-order valence-corrected chi connectivity index (χ3v) is 6.66. The summed E-state index contributed by atoms with van der Waals surface area (Å²) in [5.74, 6) is 0.696. The first-order valence-corrected chi connectivity index (χ1v) is 10.3. The second kappa shape index (κ2) is 10.5. The summed E-state index contributed by atoms with van der Waals surface area (Å²) in [6.45, 7) is 10.8. The van der Waals surface area contributed by atoms with E-state index < -0.39 is 14.6 Å². The van der Waals surface area contributed by atoms with Gasteiger partial charge >= 0.3 is 0 Å². The van der Waals surface area contributed by atoms with E-state index >= 15 is 0 Å². The van der Waals surface area contributed by atoms with Crippen LogP contribution in [0, 0.1) is 6.92 Å². The minimum absolute atomic E-state index is 0. The summed E-state index contributed by atoms with van der Waals surface area (Å²) in [4.78, 5) is 8.76. The van der Waals surface area contributed by atoms with Gasteiger partial charge in [0.15, 0.2) is 15.8 Å². The molecule has 0 fully saturated rings. The van der Waals surface area contributed by atoms with Crippen LogP contribution >= 0.6 is 35.3 Å². The fourth-order valence-electron chi connectivity index (χ4n) is 1.76. The number of guanidine groups is 1. The van der Waals surface area contributed by atoms with Gasteiger partial charge in [-0.2, -0.15) is 0 Å². The zero-order valence-corrected chi connectivity index (χ0v) is 19.0. The number of aromatic nitrogens is 1. The Kier molecular flexibility index (Phi) is 10.4. The Morgan fingerprint density at radius 1 is 1.33 bits per heavy atom. The van der Waals surface area contributed by atoms with E-state index in [0.29, 0.717) is 12.5 Å². The number of aryl methyl sites for hydroxylation is 1. The summed E-state index contributed by atoms with van der Waals surface area (Å²) < 4.78 is 23.4. The fraction of sp³-hybridized carbons (Fsp3) is 0.733. The van der Waals surface area contributed by atoms with Crippen molar-refractivity contribution in [2.75, 3.05) is 25.4 Å². The number of sulfone groups is 1. The van der Waals surface area contributed by atoms with Crippen molar-refractivity contribution in [2.24, 2.45) is 4.99 Å². The Morgan fingerprint density at radius 2 is 2.00 bits per heavy atom. The lowest BCUT2D eigenvalue weighted by Gasteiger charge is -2.18. The van der Waals surface area contributed by atoms with E-state index in [-0.39, 0.29) is 36.3 Å². The van der Waals surface area contributed by atoms with Crippen molar-refractivity contribution in [2.45, 2.75) is 45.8 Å². The van der Waals surface area contributed by atoms with E-state index in [4.69, 9.17) is 0 Å². The highest BCUT2D eigenvalue weighted by atomic mass is 127. The van der Waals surface area contributed by atoms with Gasteiger partial charge in [-0.25, -0.2) is 13.4 Å². The summed E-state index contributed by atoms with van der Waals surface area (Å²) in [5.41, 5.74) is 1.06. The van der Waals surface area contributed by atoms with E-state index in [1.54, 1.807) is 32.1 Å². The number of aliphatic imine (C=N–C) groups is 1. The lowest BCUT2D eigenvalue weighted by molar-refractivity contribution is 0.560. The minimum Gasteiger partial charge on any atom is -0.357 e. The van der Waals surface area contributed by atoms with Crippen LogP contribution in [0.4, 0.5) is 0 Å². The van der Waals surface area contributed by atoms with E-state index in [1.165, 1.54) is 0 Å². The van der Waals surface area contributed by atoms with Crippen LogP contribution in [0.1, 0.15) is 38.4 Å². The molecule has 0 spiro atoms. The van der Waals surface area contributed by atoms with Gasteiger partial charge in [-0.15, -0.1) is 35.3 Å². The lowest BCUT2D eigenvalue weighted by atomic mass is 10.3. The average molecular weight is 488 g/mol. The van der Waals surface area contributed by atoms with Gasteiger partial charge in [0.1, 0.15) is 0 Å². The number of rotatable bonds is 7. The molecule has 1 rings (SSSR count). The summed E-state index contributed by atoms with van der Waals surface area (Å²) >= 11 is 1.64. The Labute approximate surface area is 166 Å². The van der Waals surface area contributed by atoms with Crippen molar-refractivity contribution in [3.05, 3.63) is 16.1 Å². The third kappa shape index (κ3) is 8.11. The molecule has 0 bridgehead atoms. The van der Waals surface area contributed by atoms with Crippen molar-refractivity contribution in [1.82, 2.24) is 15.6 Å². The molecule has 0 atom stereocenters. The van der Waals surface area contributed by atoms with Crippen LogP contribution in [0.3, 0.4) is 0 Å². The molecule has 0 saturated heterocycles. The molecule has 0 aliphatic rings. The average Bonchev–Trinajstić information content (AvgIpc) is 2.83. The summed E-state index contributed by atoms with van der Waals surface area (Å²) in [7, 11) is -3.14. The normalized spacial score (nSPS) is 12.6. The molecule has 1 aromatic heterocycles. The van der Waals surface area contributed by atoms with Gasteiger partial charge in [0.2, 0.25) is 0 Å². The van der Waals surface area contributed by atoms with E-state index in [1.807, 2.05) is 13.8 Å². The molecule has 6 nitrogen and oxygen atoms in total. The standard InChI is InChI=1S/C15H28N4O2S2.HI/c1-6-16-14(17-8-7-13-11-22-12(2)19-13)18-9-10-23(20,21)15(3,4)5;/h11H,6-10H2,1-5H3,(H2,16,17,18);1H. The largest absolute Gasteiger partial charge is 0.357 e. The minimum atomic E-state index is -3.14. The molecular weight excluding hydrogens is 459 g/mol. The van der Waals surface area contributed by atoms with Crippen LogP contribution in [0.2, 0.25) is 0 Å². The fourth-order valence-corrected chi connectivity index (χ4v) is 3.35. The monoisotopic (exact) mass is 488 g/mol. The quantitative estimate of drug-likeness (QED) is 0.350. The zero-order chi connectivity index (χ0) is 17.5. The maximum atomic E-state index is 12.1. The molecule has 0 aliphatic carbocycles. The molecule has 2 N–H and O–H groups in total. The molecule has 0 radical (unpaired) electrons. The molecule has 140 valence electrons. The highest BCUT2D eigenvalue weighted by molar-refractivity contribution is 14.0. The van der Waals surface area contributed by atoms with Crippen molar-refractivity contribution < 1.29 is 8.42 Å². The molecular formula is C15H29IN4O2S2. The van der Waals surface area contributed by atoms with Gasteiger partial charge in [0, 0.05) is 24.9 Å². The van der Waals surface area contributed by atoms with Crippen LogP contribution < -0.4 is 10.6 Å². The van der Waals surface area contributed by atoms with Gasteiger partial charge < -0.3 is 10.6 Å². The lowest BCUT2D eigenvalue weighted by Crippen LogP contribution is -2.39. The predicted molar refractivity (Wildman–Crippen MR) is 113 cm³/mol. The van der Waals surface area contributed by atoms with E-state index in [0.717, 1.165) is 23.7 Å². The molecule has 0 aromatic carbocycles. The first kappa shape index (κ1) is 23.6. The molecule has 0 unspecified atom stereocenters. The summed E-state index contributed by atoms with van der Waals surface area (Å²) in [6.07, 6.45) is 0.815. The van der Waals surface area contributed by atoms with E-state index in [2.05, 4.69) is 26.0 Å². The summed E-state index contributed by atoms with van der Waals surface area (Å²) in [6, 6.07) is 0. The maximum absolute atomic E-state index is 12.1. The second-order valence-electron chi connectivity index (χ2n) is 6.23. The molecule has 1 aromatic rings. The van der Waals surface area contributed by atoms with Crippen LogP contribution in [0.5, 0.6) is 0 Å². The van der Waals surface area contributed by atoms with Gasteiger partial charge in [0.05, 0.1) is 27.7 Å². The van der Waals surface area contributed by atoms with Gasteiger partial charge in [0.25, 0.3) is 0 Å². The number of nitrogens with zero attached hydrogens (tertiary/aromatic N) is 2. The Balaban J connectivity index is 0.00000529. The molecule has 0 saturated carbocycles.